The van der Waals surface area contributed by atoms with Crippen molar-refractivity contribution in [2.24, 2.45) is 0 Å². The molecule has 0 atom stereocenters. The SMILES string of the molecule is c1cc(-c2ccc3c(-c4cc5cc(CN6CCOCC6)ccc5[nH]4)n[nH]c3c2)[nH]n1. The van der Waals surface area contributed by atoms with E-state index in [1.807, 2.05) is 6.07 Å². The Labute approximate surface area is 173 Å². The van der Waals surface area contributed by atoms with E-state index >= 15 is 0 Å². The fourth-order valence-electron chi connectivity index (χ4n) is 4.23. The molecule has 4 heterocycles. The first kappa shape index (κ1) is 17.4. The molecule has 5 aromatic rings. The Morgan fingerprint density at radius 2 is 1.83 bits per heavy atom. The van der Waals surface area contributed by atoms with Gasteiger partial charge in [-0.1, -0.05) is 12.1 Å². The van der Waals surface area contributed by atoms with Gasteiger partial charge in [0.1, 0.15) is 5.69 Å². The molecule has 3 N–H and O–H groups in total. The van der Waals surface area contributed by atoms with Crippen molar-refractivity contribution in [3.05, 3.63) is 60.3 Å². The molecule has 0 saturated carbocycles. The summed E-state index contributed by atoms with van der Waals surface area (Å²) in [5.41, 5.74) is 7.49. The molecule has 1 fully saturated rings. The highest BCUT2D eigenvalue weighted by atomic mass is 16.5. The third-order valence-corrected chi connectivity index (χ3v) is 5.82. The lowest BCUT2D eigenvalue weighted by Gasteiger charge is -2.26. The van der Waals surface area contributed by atoms with Gasteiger partial charge in [0.15, 0.2) is 0 Å². The van der Waals surface area contributed by atoms with E-state index < -0.39 is 0 Å². The van der Waals surface area contributed by atoms with Crippen LogP contribution in [0.3, 0.4) is 0 Å². The van der Waals surface area contributed by atoms with E-state index in [4.69, 9.17) is 4.74 Å². The zero-order valence-electron chi connectivity index (χ0n) is 16.5. The first-order chi connectivity index (χ1) is 14.8. The van der Waals surface area contributed by atoms with Gasteiger partial charge in [0.05, 0.1) is 30.1 Å². The maximum Gasteiger partial charge on any atom is 0.116 e. The molecule has 0 spiro atoms. The highest BCUT2D eigenvalue weighted by Gasteiger charge is 2.14. The summed E-state index contributed by atoms with van der Waals surface area (Å²) in [6.45, 7) is 4.60. The number of nitrogens with zero attached hydrogens (tertiary/aromatic N) is 3. The van der Waals surface area contributed by atoms with Crippen LogP contribution in [0.1, 0.15) is 5.56 Å². The van der Waals surface area contributed by atoms with Gasteiger partial charge in [-0.15, -0.1) is 0 Å². The molecule has 3 aromatic heterocycles. The molecule has 1 aliphatic rings. The molecule has 6 rings (SSSR count). The molecule has 0 unspecified atom stereocenters. The highest BCUT2D eigenvalue weighted by Crippen LogP contribution is 2.31. The monoisotopic (exact) mass is 398 g/mol. The maximum atomic E-state index is 5.45. The average Bonchev–Trinajstić information content (AvgIpc) is 3.52. The predicted octanol–water partition coefficient (Wildman–Crippen LogP) is 3.93. The Morgan fingerprint density at radius 1 is 0.900 bits per heavy atom. The van der Waals surface area contributed by atoms with Crippen molar-refractivity contribution in [3.8, 4) is 22.6 Å². The molecule has 7 heteroatoms. The van der Waals surface area contributed by atoms with Crippen molar-refractivity contribution < 1.29 is 4.74 Å². The van der Waals surface area contributed by atoms with Crippen molar-refractivity contribution in [3.63, 3.8) is 0 Å². The fourth-order valence-corrected chi connectivity index (χ4v) is 4.23. The molecule has 2 aromatic carbocycles. The van der Waals surface area contributed by atoms with Crippen molar-refractivity contribution in [1.29, 1.82) is 0 Å². The molecule has 150 valence electrons. The van der Waals surface area contributed by atoms with E-state index in [2.05, 4.69) is 72.7 Å². The van der Waals surface area contributed by atoms with Crippen LogP contribution in [0.4, 0.5) is 0 Å². The Kier molecular flexibility index (Phi) is 4.14. The van der Waals surface area contributed by atoms with Crippen LogP contribution < -0.4 is 0 Å². The maximum absolute atomic E-state index is 5.45. The Bertz CT molecular complexity index is 1310. The van der Waals surface area contributed by atoms with Crippen molar-refractivity contribution in [2.75, 3.05) is 26.3 Å². The minimum atomic E-state index is 0.824. The quantitative estimate of drug-likeness (QED) is 0.428. The first-order valence-electron chi connectivity index (χ1n) is 10.2. The normalized spacial score (nSPS) is 15.3. The summed E-state index contributed by atoms with van der Waals surface area (Å²) in [5.74, 6) is 0. The van der Waals surface area contributed by atoms with Crippen LogP contribution in [0.15, 0.2) is 54.7 Å². The lowest BCUT2D eigenvalue weighted by atomic mass is 10.1. The molecule has 0 radical (unpaired) electrons. The van der Waals surface area contributed by atoms with Crippen LogP contribution in [0.5, 0.6) is 0 Å². The molecular weight excluding hydrogens is 376 g/mol. The van der Waals surface area contributed by atoms with Gasteiger partial charge < -0.3 is 9.72 Å². The number of morpholine rings is 1. The lowest BCUT2D eigenvalue weighted by Crippen LogP contribution is -2.35. The van der Waals surface area contributed by atoms with Gasteiger partial charge in [-0.3, -0.25) is 15.1 Å². The summed E-state index contributed by atoms with van der Waals surface area (Å²) >= 11 is 0. The zero-order chi connectivity index (χ0) is 19.9. The number of hydrogen-bond donors (Lipinski definition) is 3. The van der Waals surface area contributed by atoms with Crippen LogP contribution >= 0.6 is 0 Å². The summed E-state index contributed by atoms with van der Waals surface area (Å²) in [6, 6.07) is 17.1. The van der Waals surface area contributed by atoms with E-state index in [1.54, 1.807) is 6.20 Å². The minimum Gasteiger partial charge on any atom is -0.379 e. The minimum absolute atomic E-state index is 0.824. The second-order valence-electron chi connectivity index (χ2n) is 7.80. The average molecular weight is 398 g/mol. The third kappa shape index (κ3) is 3.08. The molecule has 0 bridgehead atoms. The summed E-state index contributed by atoms with van der Waals surface area (Å²) in [4.78, 5) is 5.97. The largest absolute Gasteiger partial charge is 0.379 e. The van der Waals surface area contributed by atoms with Gasteiger partial charge in [-0.25, -0.2) is 0 Å². The molecule has 1 saturated heterocycles. The van der Waals surface area contributed by atoms with Crippen molar-refractivity contribution in [1.82, 2.24) is 30.3 Å². The smallest absolute Gasteiger partial charge is 0.116 e. The van der Waals surface area contributed by atoms with Gasteiger partial charge in [-0.2, -0.15) is 10.2 Å². The summed E-state index contributed by atoms with van der Waals surface area (Å²) in [5, 5.41) is 17.1. The first-order valence-corrected chi connectivity index (χ1v) is 10.2. The molecule has 0 amide bonds. The number of hydrogen-bond acceptors (Lipinski definition) is 4. The second-order valence-corrected chi connectivity index (χ2v) is 7.80. The zero-order valence-corrected chi connectivity index (χ0v) is 16.5. The van der Waals surface area contributed by atoms with Gasteiger partial charge >= 0.3 is 0 Å². The molecular formula is C23H22N6O. The Balaban J connectivity index is 1.33. The number of rotatable bonds is 4. The van der Waals surface area contributed by atoms with Crippen LogP contribution in [-0.2, 0) is 11.3 Å². The Hall–Kier alpha value is -3.42. The topological polar surface area (TPSA) is 85.6 Å². The number of aromatic nitrogens is 5. The number of nitrogens with one attached hydrogen (secondary N) is 3. The van der Waals surface area contributed by atoms with E-state index in [0.29, 0.717) is 0 Å². The number of ether oxygens (including phenoxy) is 1. The number of benzene rings is 2. The summed E-state index contributed by atoms with van der Waals surface area (Å²) < 4.78 is 5.45. The second kappa shape index (κ2) is 7.12. The van der Waals surface area contributed by atoms with Gasteiger partial charge in [0.25, 0.3) is 0 Å². The number of fused-ring (bicyclic) bond motifs is 2. The summed E-state index contributed by atoms with van der Waals surface area (Å²) in [6.07, 6.45) is 1.76. The van der Waals surface area contributed by atoms with Gasteiger partial charge in [0, 0.05) is 47.7 Å². The van der Waals surface area contributed by atoms with Crippen molar-refractivity contribution in [2.45, 2.75) is 6.54 Å². The van der Waals surface area contributed by atoms with Crippen LogP contribution in [0.2, 0.25) is 0 Å². The molecule has 1 aliphatic heterocycles. The summed E-state index contributed by atoms with van der Waals surface area (Å²) in [7, 11) is 0. The van der Waals surface area contributed by atoms with E-state index in [1.165, 1.54) is 10.9 Å². The van der Waals surface area contributed by atoms with Crippen LogP contribution in [-0.4, -0.2) is 56.6 Å². The predicted molar refractivity (Wildman–Crippen MR) is 117 cm³/mol. The van der Waals surface area contributed by atoms with E-state index in [0.717, 1.165) is 71.9 Å². The lowest BCUT2D eigenvalue weighted by molar-refractivity contribution is 0.0342. The highest BCUT2D eigenvalue weighted by molar-refractivity contribution is 5.97. The van der Waals surface area contributed by atoms with Crippen LogP contribution in [0, 0.1) is 0 Å². The van der Waals surface area contributed by atoms with Gasteiger partial charge in [0.2, 0.25) is 0 Å². The van der Waals surface area contributed by atoms with Crippen molar-refractivity contribution >= 4 is 21.8 Å². The fraction of sp³-hybridized carbons (Fsp3) is 0.217. The Morgan fingerprint density at radius 3 is 2.70 bits per heavy atom. The van der Waals surface area contributed by atoms with E-state index in [9.17, 15) is 0 Å². The standard InChI is InChI=1S/C23H22N6O/c1-4-19-17(11-15(1)14-29-7-9-30-10-8-29)13-22(25-19)23-18-3-2-16(12-21(18)27-28-23)20-5-6-24-26-20/h1-6,11-13,25H,7-10,14H2,(H,24,26)(H,27,28). The molecule has 7 nitrogen and oxygen atoms in total. The third-order valence-electron chi connectivity index (χ3n) is 5.82. The van der Waals surface area contributed by atoms with Crippen LogP contribution in [0.25, 0.3) is 44.5 Å². The molecule has 30 heavy (non-hydrogen) atoms. The molecule has 0 aliphatic carbocycles. The number of aromatic amines is 3. The van der Waals surface area contributed by atoms with Gasteiger partial charge in [-0.05, 0) is 42.0 Å². The number of H-pyrrole nitrogens is 3. The van der Waals surface area contributed by atoms with E-state index in [-0.39, 0.29) is 0 Å².